The molecule has 0 radical (unpaired) electrons. The summed E-state index contributed by atoms with van der Waals surface area (Å²) in [7, 11) is 0. The van der Waals surface area contributed by atoms with E-state index in [-0.39, 0.29) is 5.54 Å². The zero-order valence-corrected chi connectivity index (χ0v) is 12.0. The fourth-order valence-corrected chi connectivity index (χ4v) is 3.24. The Labute approximate surface area is 120 Å². The number of nitrogens with two attached hydrogens (primary N) is 1. The number of hydrogen-bond acceptors (Lipinski definition) is 3. The summed E-state index contributed by atoms with van der Waals surface area (Å²) in [6.45, 7) is 3.06. The number of nitrogens with zero attached hydrogens (tertiary/aromatic N) is 3. The quantitative estimate of drug-likeness (QED) is 0.928. The topological polar surface area (TPSA) is 56.7 Å². The molecule has 1 aliphatic carbocycles. The maximum Gasteiger partial charge on any atom is 0.138 e. The van der Waals surface area contributed by atoms with E-state index in [9.17, 15) is 0 Å². The van der Waals surface area contributed by atoms with Gasteiger partial charge in [-0.1, -0.05) is 31.2 Å². The van der Waals surface area contributed by atoms with Crippen LogP contribution in [-0.4, -0.2) is 14.8 Å². The maximum atomic E-state index is 6.75. The van der Waals surface area contributed by atoms with Crippen molar-refractivity contribution in [3.63, 3.8) is 0 Å². The summed E-state index contributed by atoms with van der Waals surface area (Å²) in [5, 5.41) is 4.31. The fourth-order valence-electron chi connectivity index (χ4n) is 3.24. The van der Waals surface area contributed by atoms with Crippen LogP contribution in [0.5, 0.6) is 0 Å². The van der Waals surface area contributed by atoms with Crippen molar-refractivity contribution < 1.29 is 0 Å². The first-order chi connectivity index (χ1) is 9.73. The van der Waals surface area contributed by atoms with E-state index >= 15 is 0 Å². The molecule has 1 heterocycles. The number of aromatic nitrogens is 3. The van der Waals surface area contributed by atoms with Gasteiger partial charge in [-0.2, -0.15) is 5.10 Å². The number of benzene rings is 1. The van der Waals surface area contributed by atoms with Crippen molar-refractivity contribution in [2.45, 2.75) is 51.1 Å². The van der Waals surface area contributed by atoms with Crippen LogP contribution in [0.25, 0.3) is 0 Å². The molecule has 0 fully saturated rings. The summed E-state index contributed by atoms with van der Waals surface area (Å²) in [5.74, 6) is 1.01. The minimum Gasteiger partial charge on any atom is -0.321 e. The van der Waals surface area contributed by atoms with Gasteiger partial charge in [-0.05, 0) is 36.8 Å². The van der Waals surface area contributed by atoms with E-state index < -0.39 is 0 Å². The summed E-state index contributed by atoms with van der Waals surface area (Å²) in [6.07, 6.45) is 6.77. The monoisotopic (exact) mass is 270 g/mol. The summed E-state index contributed by atoms with van der Waals surface area (Å²) < 4.78 is 1.99. The molecule has 0 amide bonds. The first kappa shape index (κ1) is 13.3. The number of aryl methyl sites for hydroxylation is 2. The van der Waals surface area contributed by atoms with Crippen molar-refractivity contribution in [1.29, 1.82) is 0 Å². The van der Waals surface area contributed by atoms with Crippen LogP contribution in [0.1, 0.15) is 43.1 Å². The molecule has 20 heavy (non-hydrogen) atoms. The van der Waals surface area contributed by atoms with Crippen LogP contribution in [0.3, 0.4) is 0 Å². The van der Waals surface area contributed by atoms with Gasteiger partial charge in [0.1, 0.15) is 12.2 Å². The smallest absolute Gasteiger partial charge is 0.138 e. The summed E-state index contributed by atoms with van der Waals surface area (Å²) in [5.41, 5.74) is 9.13. The second kappa shape index (κ2) is 5.37. The second-order valence-electron chi connectivity index (χ2n) is 5.74. The molecular weight excluding hydrogens is 248 g/mol. The molecule has 106 valence electrons. The molecule has 0 bridgehead atoms. The van der Waals surface area contributed by atoms with Crippen molar-refractivity contribution in [3.8, 4) is 0 Å². The van der Waals surface area contributed by atoms with Crippen LogP contribution in [0, 0.1) is 0 Å². The van der Waals surface area contributed by atoms with Gasteiger partial charge < -0.3 is 5.73 Å². The average molecular weight is 270 g/mol. The predicted molar refractivity (Wildman–Crippen MR) is 79.3 cm³/mol. The Bertz CT molecular complexity index is 590. The first-order valence-corrected chi connectivity index (χ1v) is 7.47. The Balaban J connectivity index is 1.92. The Hall–Kier alpha value is -1.68. The number of rotatable bonds is 4. The predicted octanol–water partition coefficient (Wildman–Crippen LogP) is 2.42. The van der Waals surface area contributed by atoms with Crippen LogP contribution < -0.4 is 5.73 Å². The molecule has 1 aliphatic rings. The third-order valence-electron chi connectivity index (χ3n) is 4.23. The van der Waals surface area contributed by atoms with Gasteiger partial charge >= 0.3 is 0 Å². The van der Waals surface area contributed by atoms with E-state index in [2.05, 4.69) is 41.3 Å². The molecule has 3 rings (SSSR count). The summed E-state index contributed by atoms with van der Waals surface area (Å²) >= 11 is 0. The standard InChI is InChI=1S/C16H22N4/c1-2-10-20-15(18-12-19-20)11-16(17)9-5-7-13-6-3-4-8-14(13)16/h3-4,6,8,12H,2,5,7,9-11,17H2,1H3. The van der Waals surface area contributed by atoms with Gasteiger partial charge in [-0.15, -0.1) is 0 Å². The Morgan fingerprint density at radius 3 is 3.05 bits per heavy atom. The van der Waals surface area contributed by atoms with Gasteiger partial charge in [0.25, 0.3) is 0 Å². The highest BCUT2D eigenvalue weighted by molar-refractivity contribution is 5.36. The summed E-state index contributed by atoms with van der Waals surface area (Å²) in [4.78, 5) is 4.42. The van der Waals surface area contributed by atoms with E-state index in [0.717, 1.165) is 44.5 Å². The van der Waals surface area contributed by atoms with Gasteiger partial charge in [0.05, 0.1) is 0 Å². The van der Waals surface area contributed by atoms with E-state index in [0.29, 0.717) is 0 Å². The highest BCUT2D eigenvalue weighted by Gasteiger charge is 2.33. The third-order valence-corrected chi connectivity index (χ3v) is 4.23. The van der Waals surface area contributed by atoms with Crippen molar-refractivity contribution in [2.75, 3.05) is 0 Å². The van der Waals surface area contributed by atoms with E-state index in [1.54, 1.807) is 6.33 Å². The normalized spacial score (nSPS) is 21.7. The lowest BCUT2D eigenvalue weighted by atomic mass is 9.75. The Morgan fingerprint density at radius 2 is 2.20 bits per heavy atom. The molecular formula is C16H22N4. The fraction of sp³-hybridized carbons (Fsp3) is 0.500. The van der Waals surface area contributed by atoms with E-state index in [4.69, 9.17) is 5.73 Å². The molecule has 1 unspecified atom stereocenters. The Kier molecular flexibility index (Phi) is 3.57. The summed E-state index contributed by atoms with van der Waals surface area (Å²) in [6, 6.07) is 8.56. The molecule has 0 spiro atoms. The van der Waals surface area contributed by atoms with Crippen molar-refractivity contribution in [1.82, 2.24) is 14.8 Å². The van der Waals surface area contributed by atoms with E-state index in [1.807, 2.05) is 4.68 Å². The zero-order chi connectivity index (χ0) is 14.0. The molecule has 0 saturated carbocycles. The van der Waals surface area contributed by atoms with Crippen molar-refractivity contribution in [3.05, 3.63) is 47.5 Å². The van der Waals surface area contributed by atoms with Crippen LogP contribution >= 0.6 is 0 Å². The highest BCUT2D eigenvalue weighted by atomic mass is 15.3. The lowest BCUT2D eigenvalue weighted by Crippen LogP contribution is -2.42. The van der Waals surface area contributed by atoms with Gasteiger partial charge in [-0.3, -0.25) is 4.68 Å². The molecule has 1 atom stereocenters. The SMILES string of the molecule is CCCn1ncnc1CC1(N)CCCc2ccccc21. The van der Waals surface area contributed by atoms with Crippen molar-refractivity contribution >= 4 is 0 Å². The van der Waals surface area contributed by atoms with Crippen LogP contribution in [-0.2, 0) is 24.9 Å². The molecule has 2 aromatic rings. The Morgan fingerprint density at radius 1 is 1.35 bits per heavy atom. The molecule has 1 aromatic heterocycles. The van der Waals surface area contributed by atoms with E-state index in [1.165, 1.54) is 11.1 Å². The van der Waals surface area contributed by atoms with Gasteiger partial charge in [0.15, 0.2) is 0 Å². The molecule has 0 saturated heterocycles. The molecule has 1 aromatic carbocycles. The molecule has 4 nitrogen and oxygen atoms in total. The lowest BCUT2D eigenvalue weighted by molar-refractivity contribution is 0.353. The number of hydrogen-bond donors (Lipinski definition) is 1. The molecule has 4 heteroatoms. The van der Waals surface area contributed by atoms with Gasteiger partial charge in [0.2, 0.25) is 0 Å². The maximum absolute atomic E-state index is 6.75. The first-order valence-electron chi connectivity index (χ1n) is 7.47. The van der Waals surface area contributed by atoms with Gasteiger partial charge in [-0.25, -0.2) is 4.98 Å². The van der Waals surface area contributed by atoms with Crippen LogP contribution in [0.2, 0.25) is 0 Å². The zero-order valence-electron chi connectivity index (χ0n) is 12.0. The minimum atomic E-state index is -0.298. The average Bonchev–Trinajstić information content (AvgIpc) is 2.87. The van der Waals surface area contributed by atoms with Crippen molar-refractivity contribution in [2.24, 2.45) is 5.73 Å². The lowest BCUT2D eigenvalue weighted by Gasteiger charge is -2.35. The highest BCUT2D eigenvalue weighted by Crippen LogP contribution is 2.35. The van der Waals surface area contributed by atoms with Crippen LogP contribution in [0.4, 0.5) is 0 Å². The largest absolute Gasteiger partial charge is 0.321 e. The second-order valence-corrected chi connectivity index (χ2v) is 5.74. The minimum absolute atomic E-state index is 0.298. The van der Waals surface area contributed by atoms with Crippen LogP contribution in [0.15, 0.2) is 30.6 Å². The third kappa shape index (κ3) is 2.36. The molecule has 0 aliphatic heterocycles. The number of fused-ring (bicyclic) bond motifs is 1. The molecule has 2 N–H and O–H groups in total. The van der Waals surface area contributed by atoms with Gasteiger partial charge in [0, 0.05) is 18.5 Å².